The van der Waals surface area contributed by atoms with Crippen molar-refractivity contribution in [1.29, 1.82) is 0 Å². The third-order valence-electron chi connectivity index (χ3n) is 4.06. The average Bonchev–Trinajstić information content (AvgIpc) is 3.22. The van der Waals surface area contributed by atoms with Crippen molar-refractivity contribution >= 4 is 17.5 Å². The van der Waals surface area contributed by atoms with E-state index < -0.39 is 0 Å². The molecule has 0 bridgehead atoms. The Bertz CT molecular complexity index is 1010. The molecule has 3 rings (SSSR count). The molecule has 0 saturated carbocycles. The number of benzene rings is 2. The van der Waals surface area contributed by atoms with Gasteiger partial charge in [-0.15, -0.1) is 0 Å². The van der Waals surface area contributed by atoms with Gasteiger partial charge in [-0.1, -0.05) is 17.3 Å². The number of hydrogen-bond acceptors (Lipinski definition) is 6. The van der Waals surface area contributed by atoms with E-state index in [0.29, 0.717) is 28.5 Å². The fourth-order valence-corrected chi connectivity index (χ4v) is 2.64. The van der Waals surface area contributed by atoms with E-state index in [-0.39, 0.29) is 30.2 Å². The Morgan fingerprint density at radius 2 is 1.80 bits per heavy atom. The number of methoxy groups -OCH3 is 1. The van der Waals surface area contributed by atoms with Crippen LogP contribution in [0.5, 0.6) is 11.5 Å². The van der Waals surface area contributed by atoms with Gasteiger partial charge in [-0.05, 0) is 50.2 Å². The average molecular weight is 409 g/mol. The number of aromatic nitrogens is 1. The van der Waals surface area contributed by atoms with Crippen molar-refractivity contribution in [2.24, 2.45) is 0 Å². The van der Waals surface area contributed by atoms with Crippen LogP contribution in [0.1, 0.15) is 40.5 Å². The second kappa shape index (κ2) is 9.60. The summed E-state index contributed by atoms with van der Waals surface area (Å²) < 4.78 is 16.0. The van der Waals surface area contributed by atoms with Gasteiger partial charge in [0, 0.05) is 17.8 Å². The predicted octanol–water partition coefficient (Wildman–Crippen LogP) is 3.65. The monoisotopic (exact) mass is 409 g/mol. The largest absolute Gasteiger partial charge is 0.496 e. The summed E-state index contributed by atoms with van der Waals surface area (Å²) in [6.45, 7) is 3.85. The zero-order valence-corrected chi connectivity index (χ0v) is 17.0. The summed E-state index contributed by atoms with van der Waals surface area (Å²) in [5.74, 6) is 0.945. The molecule has 0 saturated heterocycles. The van der Waals surface area contributed by atoms with Crippen molar-refractivity contribution in [2.45, 2.75) is 26.5 Å². The van der Waals surface area contributed by atoms with Gasteiger partial charge in [0.25, 0.3) is 11.8 Å². The van der Waals surface area contributed by atoms with E-state index in [1.807, 2.05) is 13.8 Å². The second-order valence-electron chi connectivity index (χ2n) is 6.77. The van der Waals surface area contributed by atoms with Crippen molar-refractivity contribution in [2.75, 3.05) is 12.4 Å². The van der Waals surface area contributed by atoms with E-state index in [1.165, 1.54) is 7.11 Å². The van der Waals surface area contributed by atoms with Gasteiger partial charge in [0.2, 0.25) is 0 Å². The SMILES string of the molecule is COc1ccccc1C(=O)Nc1ccc(OCc2cc(C(=O)NC(C)C)no2)cc1. The summed E-state index contributed by atoms with van der Waals surface area (Å²) in [4.78, 5) is 24.3. The van der Waals surface area contributed by atoms with Crippen molar-refractivity contribution < 1.29 is 23.6 Å². The Balaban J connectivity index is 1.55. The van der Waals surface area contributed by atoms with Gasteiger partial charge in [-0.2, -0.15) is 0 Å². The number of nitrogens with zero attached hydrogens (tertiary/aromatic N) is 1. The number of amides is 2. The van der Waals surface area contributed by atoms with E-state index >= 15 is 0 Å². The van der Waals surface area contributed by atoms with Crippen LogP contribution in [0.15, 0.2) is 59.1 Å². The fraction of sp³-hybridized carbons (Fsp3) is 0.227. The molecule has 8 nitrogen and oxygen atoms in total. The number of anilines is 1. The van der Waals surface area contributed by atoms with Gasteiger partial charge >= 0.3 is 0 Å². The van der Waals surface area contributed by atoms with Crippen LogP contribution < -0.4 is 20.1 Å². The maximum atomic E-state index is 12.4. The van der Waals surface area contributed by atoms with Gasteiger partial charge in [0.1, 0.15) is 18.1 Å². The molecule has 2 aromatic carbocycles. The van der Waals surface area contributed by atoms with E-state index in [1.54, 1.807) is 54.6 Å². The van der Waals surface area contributed by atoms with Gasteiger partial charge in [0.15, 0.2) is 11.5 Å². The van der Waals surface area contributed by atoms with Crippen molar-refractivity contribution in [3.05, 3.63) is 71.6 Å². The third-order valence-corrected chi connectivity index (χ3v) is 4.06. The standard InChI is InChI=1S/C22H23N3O5/c1-14(2)23-22(27)19-12-17(30-25-19)13-29-16-10-8-15(9-11-16)24-21(26)18-6-4-5-7-20(18)28-3/h4-12,14H,13H2,1-3H3,(H,23,27)(H,24,26). The van der Waals surface area contributed by atoms with Crippen LogP contribution in [-0.2, 0) is 6.61 Å². The molecule has 0 radical (unpaired) electrons. The highest BCUT2D eigenvalue weighted by molar-refractivity contribution is 6.06. The van der Waals surface area contributed by atoms with Gasteiger partial charge in [-0.3, -0.25) is 9.59 Å². The summed E-state index contributed by atoms with van der Waals surface area (Å²) in [7, 11) is 1.52. The van der Waals surface area contributed by atoms with Crippen molar-refractivity contribution in [1.82, 2.24) is 10.5 Å². The van der Waals surface area contributed by atoms with E-state index in [0.717, 1.165) is 0 Å². The molecule has 0 aliphatic carbocycles. The van der Waals surface area contributed by atoms with Crippen LogP contribution >= 0.6 is 0 Å². The molecule has 3 aromatic rings. The Hall–Kier alpha value is -3.81. The molecule has 0 fully saturated rings. The molecule has 1 aromatic heterocycles. The van der Waals surface area contributed by atoms with Crippen LogP contribution in [0.3, 0.4) is 0 Å². The Labute approximate surface area is 174 Å². The highest BCUT2D eigenvalue weighted by atomic mass is 16.5. The lowest BCUT2D eigenvalue weighted by Crippen LogP contribution is -2.30. The number of nitrogens with one attached hydrogen (secondary N) is 2. The minimum atomic E-state index is -0.296. The molecule has 30 heavy (non-hydrogen) atoms. The number of ether oxygens (including phenoxy) is 2. The quantitative estimate of drug-likeness (QED) is 0.589. The minimum absolute atomic E-state index is 0.0101. The van der Waals surface area contributed by atoms with Crippen LogP contribution in [0.2, 0.25) is 0 Å². The Kier molecular flexibility index (Phi) is 6.69. The normalized spacial score (nSPS) is 10.5. The fourth-order valence-electron chi connectivity index (χ4n) is 2.64. The van der Waals surface area contributed by atoms with Crippen LogP contribution in [0.25, 0.3) is 0 Å². The molecule has 1 heterocycles. The molecule has 8 heteroatoms. The van der Waals surface area contributed by atoms with E-state index in [4.69, 9.17) is 14.0 Å². The predicted molar refractivity (Wildman–Crippen MR) is 111 cm³/mol. The molecule has 2 N–H and O–H groups in total. The summed E-state index contributed by atoms with van der Waals surface area (Å²) in [5, 5.41) is 9.31. The topological polar surface area (TPSA) is 103 Å². The van der Waals surface area contributed by atoms with Crippen molar-refractivity contribution in [3.63, 3.8) is 0 Å². The number of hydrogen-bond donors (Lipinski definition) is 2. The maximum Gasteiger partial charge on any atom is 0.273 e. The molecular formula is C22H23N3O5. The Morgan fingerprint density at radius 3 is 2.50 bits per heavy atom. The zero-order chi connectivity index (χ0) is 21.5. The molecule has 0 aliphatic rings. The molecule has 0 aliphatic heterocycles. The lowest BCUT2D eigenvalue weighted by molar-refractivity contribution is 0.0933. The van der Waals surface area contributed by atoms with E-state index in [9.17, 15) is 9.59 Å². The van der Waals surface area contributed by atoms with Gasteiger partial charge in [0.05, 0.1) is 12.7 Å². The summed E-state index contributed by atoms with van der Waals surface area (Å²) in [6.07, 6.45) is 0. The molecule has 156 valence electrons. The summed E-state index contributed by atoms with van der Waals surface area (Å²) in [6, 6.07) is 15.4. The highest BCUT2D eigenvalue weighted by Gasteiger charge is 2.14. The highest BCUT2D eigenvalue weighted by Crippen LogP contribution is 2.21. The van der Waals surface area contributed by atoms with Gasteiger partial charge < -0.3 is 24.6 Å². The van der Waals surface area contributed by atoms with E-state index in [2.05, 4.69) is 15.8 Å². The molecule has 0 atom stereocenters. The van der Waals surface area contributed by atoms with Crippen LogP contribution in [-0.4, -0.2) is 30.1 Å². The number of para-hydroxylation sites is 1. The summed E-state index contributed by atoms with van der Waals surface area (Å²) >= 11 is 0. The second-order valence-corrected chi connectivity index (χ2v) is 6.77. The van der Waals surface area contributed by atoms with Crippen molar-refractivity contribution in [3.8, 4) is 11.5 Å². The lowest BCUT2D eigenvalue weighted by atomic mass is 10.2. The zero-order valence-electron chi connectivity index (χ0n) is 17.0. The molecule has 0 spiro atoms. The van der Waals surface area contributed by atoms with Gasteiger partial charge in [-0.25, -0.2) is 0 Å². The molecule has 0 unspecified atom stereocenters. The first kappa shape index (κ1) is 20.9. The van der Waals surface area contributed by atoms with Crippen LogP contribution in [0, 0.1) is 0 Å². The molecule has 2 amide bonds. The third kappa shape index (κ3) is 5.38. The van der Waals surface area contributed by atoms with Crippen LogP contribution in [0.4, 0.5) is 5.69 Å². The Morgan fingerprint density at radius 1 is 1.07 bits per heavy atom. The maximum absolute atomic E-state index is 12.4. The smallest absolute Gasteiger partial charge is 0.273 e. The number of rotatable bonds is 8. The first-order chi connectivity index (χ1) is 14.5. The summed E-state index contributed by atoms with van der Waals surface area (Å²) in [5.41, 5.74) is 1.27. The minimum Gasteiger partial charge on any atom is -0.496 e. The lowest BCUT2D eigenvalue weighted by Gasteiger charge is -2.10. The first-order valence-electron chi connectivity index (χ1n) is 9.40. The number of carbonyl (C=O) groups is 2. The number of carbonyl (C=O) groups excluding carboxylic acids is 2. The first-order valence-corrected chi connectivity index (χ1v) is 9.40. The molecular weight excluding hydrogens is 386 g/mol.